The molecule has 0 fully saturated rings. The van der Waals surface area contributed by atoms with E-state index in [0.717, 1.165) is 36.3 Å². The first-order valence-corrected chi connectivity index (χ1v) is 9.25. The Hall–Kier alpha value is -2.85. The molecule has 140 valence electrons. The van der Waals surface area contributed by atoms with Crippen molar-refractivity contribution in [2.24, 2.45) is 0 Å². The molecule has 4 nitrogen and oxygen atoms in total. The molecule has 4 heteroatoms. The van der Waals surface area contributed by atoms with Gasteiger partial charge in [0.15, 0.2) is 0 Å². The zero-order chi connectivity index (χ0) is 18.9. The maximum Gasteiger partial charge on any atom is 0.218 e. The summed E-state index contributed by atoms with van der Waals surface area (Å²) in [5, 5.41) is 8.83. The number of nitrogens with zero attached hydrogens (tertiary/aromatic N) is 1. The largest absolute Gasteiger partial charge is 0.487 e. The lowest BCUT2D eigenvalue weighted by molar-refractivity contribution is 0.284. The summed E-state index contributed by atoms with van der Waals surface area (Å²) in [5.41, 5.74) is 4.35. The van der Waals surface area contributed by atoms with E-state index >= 15 is 0 Å². The highest BCUT2D eigenvalue weighted by atomic mass is 16.5. The van der Waals surface area contributed by atoms with E-state index in [2.05, 4.69) is 48.3 Å². The van der Waals surface area contributed by atoms with Crippen molar-refractivity contribution in [3.63, 3.8) is 0 Å². The molecular formula is C23H25NO3. The van der Waals surface area contributed by atoms with Crippen LogP contribution in [0, 0.1) is 6.92 Å². The van der Waals surface area contributed by atoms with E-state index in [1.54, 1.807) is 6.26 Å². The van der Waals surface area contributed by atoms with Gasteiger partial charge in [-0.1, -0.05) is 42.0 Å². The number of rotatable bonds is 9. The number of aromatic nitrogens is 1. The molecule has 0 amide bonds. The van der Waals surface area contributed by atoms with Crippen LogP contribution in [-0.2, 0) is 13.0 Å². The molecular weight excluding hydrogens is 338 g/mol. The number of aliphatic hydroxyl groups is 1. The average Bonchev–Trinajstić information content (AvgIpc) is 3.15. The SMILES string of the molecule is Cc1ccc(/C=C/c2nc(COc3ccc(CCCCO)cc3)co2)cc1. The number of hydrogen-bond acceptors (Lipinski definition) is 4. The number of benzene rings is 2. The van der Waals surface area contributed by atoms with Gasteiger partial charge in [0, 0.05) is 12.7 Å². The zero-order valence-electron chi connectivity index (χ0n) is 15.6. The smallest absolute Gasteiger partial charge is 0.218 e. The molecule has 0 atom stereocenters. The van der Waals surface area contributed by atoms with Crippen molar-refractivity contribution in [2.45, 2.75) is 32.8 Å². The predicted octanol–water partition coefficient (Wildman–Crippen LogP) is 5.05. The normalized spacial score (nSPS) is 11.2. The second-order valence-electron chi connectivity index (χ2n) is 6.53. The van der Waals surface area contributed by atoms with Gasteiger partial charge in [0.25, 0.3) is 0 Å². The van der Waals surface area contributed by atoms with Gasteiger partial charge in [-0.05, 0) is 55.5 Å². The average molecular weight is 363 g/mol. The third kappa shape index (κ3) is 6.12. The first-order valence-electron chi connectivity index (χ1n) is 9.25. The van der Waals surface area contributed by atoms with Gasteiger partial charge in [-0.3, -0.25) is 0 Å². The van der Waals surface area contributed by atoms with E-state index in [1.165, 1.54) is 11.1 Å². The van der Waals surface area contributed by atoms with Crippen molar-refractivity contribution >= 4 is 12.2 Å². The third-order valence-electron chi connectivity index (χ3n) is 4.25. The van der Waals surface area contributed by atoms with E-state index in [0.29, 0.717) is 12.5 Å². The van der Waals surface area contributed by atoms with Crippen LogP contribution in [0.1, 0.15) is 41.1 Å². The molecule has 2 aromatic carbocycles. The molecule has 0 aliphatic rings. The number of unbranched alkanes of at least 4 members (excludes halogenated alkanes) is 1. The van der Waals surface area contributed by atoms with Crippen LogP contribution >= 0.6 is 0 Å². The first kappa shape index (κ1) is 18.9. The Morgan fingerprint density at radius 3 is 2.52 bits per heavy atom. The van der Waals surface area contributed by atoms with Crippen molar-refractivity contribution in [1.29, 1.82) is 0 Å². The minimum absolute atomic E-state index is 0.251. The van der Waals surface area contributed by atoms with Crippen molar-refractivity contribution in [1.82, 2.24) is 4.98 Å². The van der Waals surface area contributed by atoms with Crippen molar-refractivity contribution in [3.05, 3.63) is 83.1 Å². The van der Waals surface area contributed by atoms with Crippen LogP contribution in [0.4, 0.5) is 0 Å². The Morgan fingerprint density at radius 1 is 1.00 bits per heavy atom. The Balaban J connectivity index is 1.49. The highest BCUT2D eigenvalue weighted by molar-refractivity contribution is 5.66. The molecule has 0 radical (unpaired) electrons. The molecule has 1 N–H and O–H groups in total. The van der Waals surface area contributed by atoms with Gasteiger partial charge in [0.05, 0.1) is 0 Å². The van der Waals surface area contributed by atoms with Crippen molar-refractivity contribution < 1.29 is 14.3 Å². The molecule has 0 aliphatic carbocycles. The molecule has 0 saturated carbocycles. The second-order valence-corrected chi connectivity index (χ2v) is 6.53. The van der Waals surface area contributed by atoms with Crippen LogP contribution in [0.25, 0.3) is 12.2 Å². The van der Waals surface area contributed by atoms with Crippen LogP contribution in [0.2, 0.25) is 0 Å². The van der Waals surface area contributed by atoms with Gasteiger partial charge in [-0.15, -0.1) is 0 Å². The lowest BCUT2D eigenvalue weighted by atomic mass is 10.1. The zero-order valence-corrected chi connectivity index (χ0v) is 15.6. The van der Waals surface area contributed by atoms with Gasteiger partial charge in [-0.2, -0.15) is 0 Å². The maximum absolute atomic E-state index is 8.83. The van der Waals surface area contributed by atoms with Crippen molar-refractivity contribution in [2.75, 3.05) is 6.61 Å². The topological polar surface area (TPSA) is 55.5 Å². The fourth-order valence-electron chi connectivity index (χ4n) is 2.66. The molecule has 0 saturated heterocycles. The number of hydrogen-bond donors (Lipinski definition) is 1. The Labute approximate surface area is 160 Å². The van der Waals surface area contributed by atoms with Crippen LogP contribution in [0.15, 0.2) is 59.2 Å². The molecule has 0 unspecified atom stereocenters. The Bertz CT molecular complexity index is 848. The van der Waals surface area contributed by atoms with Crippen LogP contribution < -0.4 is 4.74 Å². The Kier molecular flexibility index (Phi) is 6.83. The van der Waals surface area contributed by atoms with Gasteiger partial charge in [0.1, 0.15) is 24.3 Å². The number of ether oxygens (including phenoxy) is 1. The van der Waals surface area contributed by atoms with E-state index in [1.807, 2.05) is 24.3 Å². The van der Waals surface area contributed by atoms with Crippen LogP contribution in [-0.4, -0.2) is 16.7 Å². The van der Waals surface area contributed by atoms with E-state index < -0.39 is 0 Å². The summed E-state index contributed by atoms with van der Waals surface area (Å²) in [5.74, 6) is 1.37. The number of oxazole rings is 1. The summed E-state index contributed by atoms with van der Waals surface area (Å²) in [6.45, 7) is 2.69. The first-order chi connectivity index (χ1) is 13.2. The summed E-state index contributed by atoms with van der Waals surface area (Å²) < 4.78 is 11.2. The molecule has 3 rings (SSSR count). The second kappa shape index (κ2) is 9.74. The van der Waals surface area contributed by atoms with Gasteiger partial charge < -0.3 is 14.3 Å². The summed E-state index contributed by atoms with van der Waals surface area (Å²) in [7, 11) is 0. The van der Waals surface area contributed by atoms with Gasteiger partial charge >= 0.3 is 0 Å². The van der Waals surface area contributed by atoms with Crippen molar-refractivity contribution in [3.8, 4) is 5.75 Å². The molecule has 0 spiro atoms. The third-order valence-corrected chi connectivity index (χ3v) is 4.25. The summed E-state index contributed by atoms with van der Waals surface area (Å²) in [6, 6.07) is 16.3. The minimum atomic E-state index is 0.251. The lowest BCUT2D eigenvalue weighted by Gasteiger charge is -2.05. The fraction of sp³-hybridized carbons (Fsp3) is 0.261. The summed E-state index contributed by atoms with van der Waals surface area (Å²) in [6.07, 6.45) is 8.26. The monoisotopic (exact) mass is 363 g/mol. The quantitative estimate of drug-likeness (QED) is 0.541. The highest BCUT2D eigenvalue weighted by Gasteiger charge is 2.03. The number of aliphatic hydroxyl groups excluding tert-OH is 1. The summed E-state index contributed by atoms with van der Waals surface area (Å²) >= 11 is 0. The minimum Gasteiger partial charge on any atom is -0.487 e. The molecule has 0 bridgehead atoms. The molecule has 1 heterocycles. The number of aryl methyl sites for hydroxylation is 2. The molecule has 3 aromatic rings. The molecule has 1 aromatic heterocycles. The lowest BCUT2D eigenvalue weighted by Crippen LogP contribution is -1.96. The standard InChI is InChI=1S/C23H25NO3/c1-18-5-7-20(8-6-18)11-14-23-24-21(17-27-23)16-26-22-12-9-19(10-13-22)4-2-3-15-25/h5-14,17,25H,2-4,15-16H2,1H3/b14-11+. The maximum atomic E-state index is 8.83. The van der Waals surface area contributed by atoms with E-state index in [-0.39, 0.29) is 6.61 Å². The molecule has 0 aliphatic heterocycles. The highest BCUT2D eigenvalue weighted by Crippen LogP contribution is 2.16. The van der Waals surface area contributed by atoms with E-state index in [9.17, 15) is 0 Å². The van der Waals surface area contributed by atoms with Crippen LogP contribution in [0.3, 0.4) is 0 Å². The summed E-state index contributed by atoms with van der Waals surface area (Å²) in [4.78, 5) is 4.42. The molecule has 27 heavy (non-hydrogen) atoms. The van der Waals surface area contributed by atoms with Crippen LogP contribution in [0.5, 0.6) is 5.75 Å². The fourth-order valence-corrected chi connectivity index (χ4v) is 2.66. The Morgan fingerprint density at radius 2 is 1.78 bits per heavy atom. The predicted molar refractivity (Wildman–Crippen MR) is 107 cm³/mol. The van der Waals surface area contributed by atoms with Gasteiger partial charge in [0.2, 0.25) is 5.89 Å². The van der Waals surface area contributed by atoms with Gasteiger partial charge in [-0.25, -0.2) is 4.98 Å². The van der Waals surface area contributed by atoms with E-state index in [4.69, 9.17) is 14.3 Å².